The second kappa shape index (κ2) is 14.6. The fourth-order valence-corrected chi connectivity index (χ4v) is 2.92. The standard InChI is InChI=1S/C18H33N5O7S/c1-9(2)14(23-15(26)10(19)4-5-13(20)25)17(28)22-12(8-24)16(27)21-11(18(29)30)6-7-31-3/h9-12,14,24H,4-8,19H2,1-3H3,(H2,20,25)(H,21,27)(H,22,28)(H,23,26)(H,29,30). The first-order chi connectivity index (χ1) is 14.4. The minimum Gasteiger partial charge on any atom is -0.480 e. The van der Waals surface area contributed by atoms with Crippen molar-refractivity contribution in [3.8, 4) is 0 Å². The van der Waals surface area contributed by atoms with E-state index in [2.05, 4.69) is 16.0 Å². The highest BCUT2D eigenvalue weighted by atomic mass is 32.2. The van der Waals surface area contributed by atoms with Crippen molar-refractivity contribution in [1.29, 1.82) is 0 Å². The van der Waals surface area contributed by atoms with Crippen LogP contribution in [-0.2, 0) is 24.0 Å². The molecule has 0 heterocycles. The predicted octanol–water partition coefficient (Wildman–Crippen LogP) is -2.48. The SMILES string of the molecule is CSCCC(NC(=O)C(CO)NC(=O)C(NC(=O)C(N)CCC(N)=O)C(C)C)C(=O)O. The number of aliphatic carboxylic acids is 1. The molecule has 0 aromatic heterocycles. The molecule has 0 saturated carbocycles. The van der Waals surface area contributed by atoms with E-state index in [0.29, 0.717) is 5.75 Å². The summed E-state index contributed by atoms with van der Waals surface area (Å²) in [6.07, 6.45) is 1.86. The lowest BCUT2D eigenvalue weighted by atomic mass is 10.0. The van der Waals surface area contributed by atoms with Crippen LogP contribution in [0.25, 0.3) is 0 Å². The van der Waals surface area contributed by atoms with Crippen molar-refractivity contribution in [2.45, 2.75) is 57.3 Å². The average Bonchev–Trinajstić information content (AvgIpc) is 2.70. The number of carboxylic acids is 1. The fraction of sp³-hybridized carbons (Fsp3) is 0.722. The van der Waals surface area contributed by atoms with Crippen molar-refractivity contribution >= 4 is 41.4 Å². The van der Waals surface area contributed by atoms with Crippen molar-refractivity contribution in [2.75, 3.05) is 18.6 Å². The fourth-order valence-electron chi connectivity index (χ4n) is 2.45. The summed E-state index contributed by atoms with van der Waals surface area (Å²) in [6.45, 7) is 2.52. The summed E-state index contributed by atoms with van der Waals surface area (Å²) in [5.74, 6) is -4.05. The van der Waals surface area contributed by atoms with Crippen molar-refractivity contribution in [1.82, 2.24) is 16.0 Å². The van der Waals surface area contributed by atoms with Gasteiger partial charge in [-0.1, -0.05) is 13.8 Å². The van der Waals surface area contributed by atoms with Crippen LogP contribution in [0.1, 0.15) is 33.1 Å². The molecule has 0 aliphatic heterocycles. The Morgan fingerprint density at radius 3 is 1.97 bits per heavy atom. The average molecular weight is 464 g/mol. The Kier molecular flexibility index (Phi) is 13.5. The van der Waals surface area contributed by atoms with Gasteiger partial charge in [0, 0.05) is 6.42 Å². The number of rotatable bonds is 15. The van der Waals surface area contributed by atoms with Crippen LogP contribution in [0.4, 0.5) is 0 Å². The molecule has 9 N–H and O–H groups in total. The predicted molar refractivity (Wildman–Crippen MR) is 115 cm³/mol. The van der Waals surface area contributed by atoms with Crippen LogP contribution in [0.2, 0.25) is 0 Å². The minimum absolute atomic E-state index is 0.00188. The van der Waals surface area contributed by atoms with E-state index in [0.717, 1.165) is 0 Å². The Labute approximate surface area is 185 Å². The molecule has 0 aromatic carbocycles. The number of carbonyl (C=O) groups is 5. The smallest absolute Gasteiger partial charge is 0.326 e. The molecular formula is C18H33N5O7S. The number of nitrogens with one attached hydrogen (secondary N) is 3. The normalized spacial score (nSPS) is 14.8. The Morgan fingerprint density at radius 1 is 0.935 bits per heavy atom. The van der Waals surface area contributed by atoms with Crippen LogP contribution in [0.5, 0.6) is 0 Å². The van der Waals surface area contributed by atoms with Crippen LogP contribution < -0.4 is 27.4 Å². The molecule has 12 nitrogen and oxygen atoms in total. The first kappa shape index (κ1) is 28.6. The number of carboxylic acid groups (broad SMARTS) is 1. The lowest BCUT2D eigenvalue weighted by molar-refractivity contribution is -0.142. The van der Waals surface area contributed by atoms with E-state index in [1.54, 1.807) is 20.1 Å². The van der Waals surface area contributed by atoms with E-state index < -0.39 is 66.3 Å². The molecule has 178 valence electrons. The Morgan fingerprint density at radius 2 is 1.52 bits per heavy atom. The number of hydrogen-bond donors (Lipinski definition) is 7. The van der Waals surface area contributed by atoms with E-state index in [4.69, 9.17) is 11.5 Å². The lowest BCUT2D eigenvalue weighted by Crippen LogP contribution is -2.59. The van der Waals surface area contributed by atoms with Gasteiger partial charge in [-0.25, -0.2) is 4.79 Å². The van der Waals surface area contributed by atoms with Gasteiger partial charge < -0.3 is 37.6 Å². The number of aliphatic hydroxyl groups is 1. The van der Waals surface area contributed by atoms with Crippen LogP contribution in [-0.4, -0.2) is 82.6 Å². The second-order valence-electron chi connectivity index (χ2n) is 7.27. The Bertz CT molecular complexity index is 647. The van der Waals surface area contributed by atoms with Crippen LogP contribution in [0.15, 0.2) is 0 Å². The van der Waals surface area contributed by atoms with Gasteiger partial charge in [-0.3, -0.25) is 19.2 Å². The van der Waals surface area contributed by atoms with Crippen molar-refractivity contribution in [3.63, 3.8) is 0 Å². The van der Waals surface area contributed by atoms with E-state index in [-0.39, 0.29) is 19.3 Å². The summed E-state index contributed by atoms with van der Waals surface area (Å²) in [4.78, 5) is 59.3. The van der Waals surface area contributed by atoms with Gasteiger partial charge in [-0.2, -0.15) is 11.8 Å². The molecule has 13 heteroatoms. The molecule has 0 aromatic rings. The van der Waals surface area contributed by atoms with E-state index in [1.165, 1.54) is 11.8 Å². The molecule has 4 unspecified atom stereocenters. The molecule has 0 spiro atoms. The highest BCUT2D eigenvalue weighted by Gasteiger charge is 2.31. The third kappa shape index (κ3) is 11.0. The third-order valence-electron chi connectivity index (χ3n) is 4.33. The van der Waals surface area contributed by atoms with Gasteiger partial charge in [0.25, 0.3) is 0 Å². The Hall–Kier alpha value is -2.38. The van der Waals surface area contributed by atoms with Gasteiger partial charge in [-0.05, 0) is 30.8 Å². The molecule has 4 atom stereocenters. The molecule has 0 saturated heterocycles. The summed E-state index contributed by atoms with van der Waals surface area (Å²) in [5, 5.41) is 25.8. The molecule has 31 heavy (non-hydrogen) atoms. The van der Waals surface area contributed by atoms with Crippen molar-refractivity contribution in [3.05, 3.63) is 0 Å². The van der Waals surface area contributed by atoms with E-state index in [1.807, 2.05) is 0 Å². The molecule has 0 aliphatic rings. The number of hydrogen-bond acceptors (Lipinski definition) is 8. The quantitative estimate of drug-likeness (QED) is 0.137. The third-order valence-corrected chi connectivity index (χ3v) is 4.97. The highest BCUT2D eigenvalue weighted by Crippen LogP contribution is 2.05. The number of primary amides is 1. The number of aliphatic hydroxyl groups excluding tert-OH is 1. The number of carbonyl (C=O) groups excluding carboxylic acids is 4. The molecule has 0 aliphatic carbocycles. The van der Waals surface area contributed by atoms with Gasteiger partial charge >= 0.3 is 5.97 Å². The van der Waals surface area contributed by atoms with Gasteiger partial charge in [0.2, 0.25) is 23.6 Å². The first-order valence-corrected chi connectivity index (χ1v) is 11.1. The number of amides is 4. The zero-order valence-electron chi connectivity index (χ0n) is 17.9. The van der Waals surface area contributed by atoms with Crippen molar-refractivity contribution < 1.29 is 34.2 Å². The van der Waals surface area contributed by atoms with Crippen LogP contribution in [0, 0.1) is 5.92 Å². The molecule has 4 amide bonds. The monoisotopic (exact) mass is 463 g/mol. The topological polar surface area (TPSA) is 214 Å². The Balaban J connectivity index is 5.09. The summed E-state index contributed by atoms with van der Waals surface area (Å²) in [5.41, 5.74) is 10.7. The molecular weight excluding hydrogens is 430 g/mol. The van der Waals surface area contributed by atoms with Crippen LogP contribution >= 0.6 is 11.8 Å². The lowest BCUT2D eigenvalue weighted by Gasteiger charge is -2.26. The summed E-state index contributed by atoms with van der Waals surface area (Å²) in [7, 11) is 0. The number of nitrogens with two attached hydrogens (primary N) is 2. The van der Waals surface area contributed by atoms with Gasteiger partial charge in [0.1, 0.15) is 18.1 Å². The van der Waals surface area contributed by atoms with Crippen LogP contribution in [0.3, 0.4) is 0 Å². The molecule has 0 radical (unpaired) electrons. The first-order valence-electron chi connectivity index (χ1n) is 9.72. The zero-order valence-corrected chi connectivity index (χ0v) is 18.7. The maximum Gasteiger partial charge on any atom is 0.326 e. The van der Waals surface area contributed by atoms with E-state index >= 15 is 0 Å². The molecule has 0 fully saturated rings. The van der Waals surface area contributed by atoms with E-state index in [9.17, 15) is 34.2 Å². The molecule has 0 bridgehead atoms. The zero-order chi connectivity index (χ0) is 24.1. The minimum atomic E-state index is -1.41. The summed E-state index contributed by atoms with van der Waals surface area (Å²) in [6, 6.07) is -4.73. The van der Waals surface area contributed by atoms with Gasteiger partial charge in [0.05, 0.1) is 12.6 Å². The number of thioether (sulfide) groups is 1. The van der Waals surface area contributed by atoms with Crippen molar-refractivity contribution in [2.24, 2.45) is 17.4 Å². The van der Waals surface area contributed by atoms with Gasteiger partial charge in [-0.15, -0.1) is 0 Å². The highest BCUT2D eigenvalue weighted by molar-refractivity contribution is 7.98. The maximum absolute atomic E-state index is 12.6. The summed E-state index contributed by atoms with van der Waals surface area (Å²) >= 11 is 1.41. The second-order valence-corrected chi connectivity index (χ2v) is 8.25. The molecule has 0 rings (SSSR count). The summed E-state index contributed by atoms with van der Waals surface area (Å²) < 4.78 is 0. The maximum atomic E-state index is 12.6. The van der Waals surface area contributed by atoms with Gasteiger partial charge in [0.15, 0.2) is 0 Å². The largest absolute Gasteiger partial charge is 0.480 e.